The van der Waals surface area contributed by atoms with E-state index < -0.39 is 5.60 Å². The Kier molecular flexibility index (Phi) is 10.8. The topological polar surface area (TPSA) is 135 Å². The first kappa shape index (κ1) is 33.1. The van der Waals surface area contributed by atoms with Gasteiger partial charge in [0.05, 0.1) is 25.4 Å². The van der Waals surface area contributed by atoms with Gasteiger partial charge in [0.15, 0.2) is 0 Å². The van der Waals surface area contributed by atoms with Crippen LogP contribution in [0, 0.1) is 5.92 Å². The molecule has 1 aromatic carbocycles. The Bertz CT molecular complexity index is 1620. The lowest BCUT2D eigenvalue weighted by Crippen LogP contribution is -2.50. The van der Waals surface area contributed by atoms with Gasteiger partial charge in [-0.05, 0) is 56.9 Å². The molecule has 5 rings (SSSR count). The van der Waals surface area contributed by atoms with Crippen LogP contribution < -0.4 is 15.5 Å². The maximum absolute atomic E-state index is 12.6. The summed E-state index contributed by atoms with van der Waals surface area (Å²) in [6.07, 6.45) is 7.35. The summed E-state index contributed by atoms with van der Waals surface area (Å²) in [5.41, 5.74) is 3.05. The molecule has 1 fully saturated rings. The predicted octanol–water partition coefficient (Wildman–Crippen LogP) is 5.57. The van der Waals surface area contributed by atoms with Crippen LogP contribution in [0.15, 0.2) is 79.4 Å². The monoisotopic (exact) mass is 638 g/mol. The van der Waals surface area contributed by atoms with Crippen molar-refractivity contribution in [3.8, 4) is 11.3 Å². The molecular formula is C35H42N8O4. The Morgan fingerprint density at radius 3 is 2.43 bits per heavy atom. The van der Waals surface area contributed by atoms with Gasteiger partial charge in [-0.3, -0.25) is 9.78 Å². The Morgan fingerprint density at radius 2 is 1.72 bits per heavy atom. The number of aromatic nitrogens is 4. The first-order valence-electron chi connectivity index (χ1n) is 15.7. The number of ether oxygens (including phenoxy) is 2. The molecule has 0 spiro atoms. The van der Waals surface area contributed by atoms with E-state index in [4.69, 9.17) is 14.5 Å². The first-order valence-corrected chi connectivity index (χ1v) is 15.7. The van der Waals surface area contributed by atoms with E-state index in [2.05, 4.69) is 42.6 Å². The molecule has 0 bridgehead atoms. The molecule has 1 aliphatic heterocycles. The fourth-order valence-corrected chi connectivity index (χ4v) is 5.28. The lowest BCUT2D eigenvalue weighted by Gasteiger charge is -2.36. The third-order valence-corrected chi connectivity index (χ3v) is 7.59. The minimum Gasteiger partial charge on any atom is -0.469 e. The van der Waals surface area contributed by atoms with Crippen LogP contribution >= 0.6 is 0 Å². The molecule has 12 heteroatoms. The van der Waals surface area contributed by atoms with Crippen LogP contribution in [-0.2, 0) is 20.7 Å². The van der Waals surface area contributed by atoms with Crippen LogP contribution in [0.25, 0.3) is 11.3 Å². The molecule has 4 aromatic rings. The van der Waals surface area contributed by atoms with Crippen LogP contribution in [0.3, 0.4) is 0 Å². The summed E-state index contributed by atoms with van der Waals surface area (Å²) in [6.45, 7) is 8.50. The van der Waals surface area contributed by atoms with Crippen molar-refractivity contribution in [3.63, 3.8) is 0 Å². The number of carbonyl (C=O) groups excluding carboxylic acids is 2. The molecule has 1 saturated heterocycles. The molecule has 3 aromatic heterocycles. The number of hydrogen-bond acceptors (Lipinski definition) is 11. The molecule has 246 valence electrons. The molecule has 1 atom stereocenters. The Hall–Kier alpha value is -5.26. The van der Waals surface area contributed by atoms with Gasteiger partial charge < -0.3 is 29.9 Å². The van der Waals surface area contributed by atoms with Gasteiger partial charge in [-0.15, -0.1) is 0 Å². The molecule has 1 aliphatic rings. The van der Waals surface area contributed by atoms with Crippen molar-refractivity contribution in [3.05, 3.63) is 84.9 Å². The highest BCUT2D eigenvalue weighted by molar-refractivity contribution is 5.72. The molecule has 0 radical (unpaired) electrons. The summed E-state index contributed by atoms with van der Waals surface area (Å²) >= 11 is 0. The highest BCUT2D eigenvalue weighted by atomic mass is 16.6. The molecule has 2 N–H and O–H groups in total. The van der Waals surface area contributed by atoms with Crippen LogP contribution in [0.5, 0.6) is 0 Å². The minimum absolute atomic E-state index is 0.00439. The average Bonchev–Trinajstić information content (AvgIpc) is 3.07. The smallest absolute Gasteiger partial charge is 0.410 e. The number of rotatable bonds is 11. The predicted molar refractivity (Wildman–Crippen MR) is 182 cm³/mol. The number of piperazine rings is 1. The number of nitrogens with zero attached hydrogens (tertiary/aromatic N) is 6. The van der Waals surface area contributed by atoms with Gasteiger partial charge >= 0.3 is 12.1 Å². The zero-order chi connectivity index (χ0) is 33.2. The van der Waals surface area contributed by atoms with Gasteiger partial charge in [-0.2, -0.15) is 0 Å². The van der Waals surface area contributed by atoms with E-state index in [-0.39, 0.29) is 24.4 Å². The lowest BCUT2D eigenvalue weighted by molar-refractivity contribution is -0.141. The fourth-order valence-electron chi connectivity index (χ4n) is 5.28. The van der Waals surface area contributed by atoms with E-state index in [9.17, 15) is 9.59 Å². The van der Waals surface area contributed by atoms with Crippen molar-refractivity contribution in [2.45, 2.75) is 39.2 Å². The number of amides is 1. The molecule has 0 aliphatic carbocycles. The SMILES string of the molecule is COC(=O)CC(CNc1cc(Nc2cnccn2)nc(-c2ccnc(N3CCN(C(=O)OC(C)(C)C)CC3)c2)c1)Cc1ccccc1. The van der Waals surface area contributed by atoms with Crippen molar-refractivity contribution < 1.29 is 19.1 Å². The number of anilines is 4. The van der Waals surface area contributed by atoms with Gasteiger partial charge in [0.25, 0.3) is 0 Å². The highest BCUT2D eigenvalue weighted by Crippen LogP contribution is 2.28. The largest absolute Gasteiger partial charge is 0.469 e. The second kappa shape index (κ2) is 15.4. The minimum atomic E-state index is -0.536. The number of methoxy groups -OCH3 is 1. The van der Waals surface area contributed by atoms with Crippen LogP contribution in [0.1, 0.15) is 32.8 Å². The molecule has 4 heterocycles. The Balaban J connectivity index is 1.36. The maximum atomic E-state index is 12.6. The average molecular weight is 639 g/mol. The molecule has 0 saturated carbocycles. The van der Waals surface area contributed by atoms with Crippen molar-refractivity contribution in [1.29, 1.82) is 0 Å². The van der Waals surface area contributed by atoms with Gasteiger partial charge in [0.1, 0.15) is 23.1 Å². The number of pyridine rings is 2. The summed E-state index contributed by atoms with van der Waals surface area (Å²) in [6, 6.07) is 17.9. The van der Waals surface area contributed by atoms with E-state index >= 15 is 0 Å². The summed E-state index contributed by atoms with van der Waals surface area (Å²) in [5, 5.41) is 6.80. The molecule has 1 amide bonds. The fraction of sp³-hybridized carbons (Fsp3) is 0.371. The van der Waals surface area contributed by atoms with Gasteiger partial charge in [-0.1, -0.05) is 30.3 Å². The van der Waals surface area contributed by atoms with Crippen LogP contribution in [-0.4, -0.2) is 82.3 Å². The molecular weight excluding hydrogens is 596 g/mol. The second-order valence-corrected chi connectivity index (χ2v) is 12.4. The van der Waals surface area contributed by atoms with Crippen molar-refractivity contribution >= 4 is 35.2 Å². The number of nitrogens with one attached hydrogen (secondary N) is 2. The molecule has 47 heavy (non-hydrogen) atoms. The number of esters is 1. The third kappa shape index (κ3) is 9.86. The van der Waals surface area contributed by atoms with Crippen LogP contribution in [0.4, 0.5) is 27.9 Å². The molecule has 12 nitrogen and oxygen atoms in total. The number of carbonyl (C=O) groups is 2. The summed E-state index contributed by atoms with van der Waals surface area (Å²) in [7, 11) is 1.42. The molecule has 1 unspecified atom stereocenters. The van der Waals surface area contributed by atoms with Crippen molar-refractivity contribution in [2.24, 2.45) is 5.92 Å². The Labute approximate surface area is 275 Å². The first-order chi connectivity index (χ1) is 22.6. The normalized spacial score (nSPS) is 13.9. The van der Waals surface area contributed by atoms with E-state index in [1.807, 2.05) is 63.2 Å². The quantitative estimate of drug-likeness (QED) is 0.200. The van der Waals surface area contributed by atoms with E-state index in [1.165, 1.54) is 7.11 Å². The number of hydrogen-bond donors (Lipinski definition) is 2. The van der Waals surface area contributed by atoms with Gasteiger partial charge in [-0.25, -0.2) is 19.7 Å². The maximum Gasteiger partial charge on any atom is 0.410 e. The van der Waals surface area contributed by atoms with Crippen molar-refractivity contribution in [1.82, 2.24) is 24.8 Å². The summed E-state index contributed by atoms with van der Waals surface area (Å²) < 4.78 is 10.5. The number of benzene rings is 1. The van der Waals surface area contributed by atoms with E-state index in [0.29, 0.717) is 44.4 Å². The standard InChI is InChI=1S/C35H42N8O4/c1-35(2,3)47-34(45)43-16-14-42(15-17-43)32-20-27(10-11-38-32)29-21-28(22-30(40-29)41-31-24-36-12-13-37-31)39-23-26(19-33(44)46-4)18-25-8-6-5-7-9-25/h5-13,20-22,24,26H,14-19,23H2,1-4H3,(H2,37,39,40,41). The van der Waals surface area contributed by atoms with Crippen molar-refractivity contribution in [2.75, 3.05) is 55.4 Å². The lowest BCUT2D eigenvalue weighted by atomic mass is 9.96. The van der Waals surface area contributed by atoms with Crippen LogP contribution in [0.2, 0.25) is 0 Å². The zero-order valence-corrected chi connectivity index (χ0v) is 27.3. The Morgan fingerprint density at radius 1 is 0.936 bits per heavy atom. The second-order valence-electron chi connectivity index (χ2n) is 12.4. The van der Waals surface area contributed by atoms with E-state index in [0.717, 1.165) is 34.7 Å². The summed E-state index contributed by atoms with van der Waals surface area (Å²) in [4.78, 5) is 46.8. The summed E-state index contributed by atoms with van der Waals surface area (Å²) in [5.74, 6) is 1.71. The third-order valence-electron chi connectivity index (χ3n) is 7.59. The van der Waals surface area contributed by atoms with E-state index in [1.54, 1.807) is 29.7 Å². The van der Waals surface area contributed by atoms with Gasteiger partial charge in [0, 0.05) is 68.6 Å². The zero-order valence-electron chi connectivity index (χ0n) is 27.3. The highest BCUT2D eigenvalue weighted by Gasteiger charge is 2.26. The van der Waals surface area contributed by atoms with Gasteiger partial charge in [0.2, 0.25) is 0 Å².